The van der Waals surface area contributed by atoms with Crippen molar-refractivity contribution in [2.24, 2.45) is 4.99 Å². The Morgan fingerprint density at radius 3 is 2.74 bits per heavy atom. The lowest BCUT2D eigenvalue weighted by molar-refractivity contribution is 0.0599. The van der Waals surface area contributed by atoms with Crippen molar-refractivity contribution in [1.82, 2.24) is 20.2 Å². The lowest BCUT2D eigenvalue weighted by Gasteiger charge is -2.20. The topological polar surface area (TPSA) is 95.8 Å². The Balaban J connectivity index is 0.00000341. The van der Waals surface area contributed by atoms with E-state index >= 15 is 0 Å². The van der Waals surface area contributed by atoms with Gasteiger partial charge >= 0.3 is 5.97 Å². The lowest BCUT2D eigenvalue weighted by atomic mass is 10.2. The highest BCUT2D eigenvalue weighted by Crippen LogP contribution is 2.18. The number of hydrogen-bond acceptors (Lipinski definition) is 5. The zero-order chi connectivity index (χ0) is 21.5. The Labute approximate surface area is 199 Å². The van der Waals surface area contributed by atoms with Crippen LogP contribution in [-0.4, -0.2) is 47.5 Å². The van der Waals surface area contributed by atoms with Gasteiger partial charge in [-0.25, -0.2) is 14.8 Å². The molecule has 0 saturated heterocycles. The molecule has 0 amide bonds. The van der Waals surface area contributed by atoms with Crippen molar-refractivity contribution in [1.29, 1.82) is 0 Å². The number of rotatable bonds is 7. The Bertz CT molecular complexity index is 1010. The Hall–Kier alpha value is -2.82. The number of nitrogens with zero attached hydrogens (tertiary/aromatic N) is 3. The van der Waals surface area contributed by atoms with E-state index in [9.17, 15) is 4.79 Å². The number of hydrogen-bond donors (Lipinski definition) is 2. The van der Waals surface area contributed by atoms with Crippen molar-refractivity contribution in [2.45, 2.75) is 26.9 Å². The summed E-state index contributed by atoms with van der Waals surface area (Å²) in [7, 11) is 3.29. The first-order chi connectivity index (χ1) is 14.5. The van der Waals surface area contributed by atoms with Crippen molar-refractivity contribution in [3.05, 3.63) is 65.5 Å². The number of methoxy groups -OCH3 is 1. The largest absolute Gasteiger partial charge is 0.465 e. The number of carbonyl (C=O) groups excluding carboxylic acids is 1. The summed E-state index contributed by atoms with van der Waals surface area (Å²) < 4.78 is 10.4. The summed E-state index contributed by atoms with van der Waals surface area (Å²) in [5.74, 6) is 2.26. The molecule has 0 saturated carbocycles. The molecule has 0 aliphatic carbocycles. The van der Waals surface area contributed by atoms with E-state index in [1.807, 2.05) is 55.4 Å². The number of halogens is 1. The minimum Gasteiger partial charge on any atom is -0.465 e. The van der Waals surface area contributed by atoms with Crippen LogP contribution in [-0.2, 0) is 17.8 Å². The van der Waals surface area contributed by atoms with Crippen molar-refractivity contribution < 1.29 is 13.9 Å². The molecule has 2 aromatic heterocycles. The van der Waals surface area contributed by atoms with Gasteiger partial charge in [0.15, 0.2) is 5.96 Å². The van der Waals surface area contributed by atoms with Gasteiger partial charge in [-0.1, -0.05) is 30.3 Å². The van der Waals surface area contributed by atoms with Crippen LogP contribution < -0.4 is 5.32 Å². The summed E-state index contributed by atoms with van der Waals surface area (Å²) in [5, 5.41) is 3.27. The number of imidazole rings is 1. The van der Waals surface area contributed by atoms with Gasteiger partial charge in [-0.15, -0.1) is 24.0 Å². The maximum atomic E-state index is 11.8. The first-order valence-electron chi connectivity index (χ1n) is 9.78. The highest BCUT2D eigenvalue weighted by molar-refractivity contribution is 14.0. The third kappa shape index (κ3) is 6.33. The third-order valence-electron chi connectivity index (χ3n) is 4.56. The second-order valence-corrected chi connectivity index (χ2v) is 6.81. The summed E-state index contributed by atoms with van der Waals surface area (Å²) in [6.07, 6.45) is 1.84. The molecule has 3 aromatic rings. The molecule has 0 unspecified atom stereocenters. The van der Waals surface area contributed by atoms with Gasteiger partial charge in [-0.2, -0.15) is 0 Å². The number of ether oxygens (including phenoxy) is 1. The summed E-state index contributed by atoms with van der Waals surface area (Å²) in [6, 6.07) is 11.7. The molecule has 0 radical (unpaired) electrons. The molecule has 3 rings (SSSR count). The monoisotopic (exact) mass is 537 g/mol. The number of aromatic amines is 1. The fraction of sp³-hybridized carbons (Fsp3) is 0.318. The van der Waals surface area contributed by atoms with E-state index in [0.717, 1.165) is 23.6 Å². The predicted octanol–water partition coefficient (Wildman–Crippen LogP) is 3.98. The van der Waals surface area contributed by atoms with Gasteiger partial charge in [0.25, 0.3) is 0 Å². The number of nitrogens with one attached hydrogen (secondary N) is 2. The summed E-state index contributed by atoms with van der Waals surface area (Å²) in [5.41, 5.74) is 2.49. The number of carbonyl (C=O) groups is 1. The van der Waals surface area contributed by atoms with Gasteiger partial charge in [-0.3, -0.25) is 0 Å². The smallest absolute Gasteiger partial charge is 0.341 e. The van der Waals surface area contributed by atoms with E-state index < -0.39 is 5.97 Å². The molecule has 0 bridgehead atoms. The molecule has 0 aliphatic heterocycles. The molecule has 2 heterocycles. The SMILES string of the molecule is CCNC(=NCc1cc(C(=O)OC)c(C)o1)N(C)Cc1ncc(-c2ccccc2)[nH]1.I. The van der Waals surface area contributed by atoms with Crippen LogP contribution in [0.3, 0.4) is 0 Å². The first kappa shape index (κ1) is 24.4. The Morgan fingerprint density at radius 1 is 1.32 bits per heavy atom. The fourth-order valence-corrected chi connectivity index (χ4v) is 3.06. The van der Waals surface area contributed by atoms with Crippen LogP contribution in [0.1, 0.15) is 34.6 Å². The van der Waals surface area contributed by atoms with Crippen LogP contribution in [0.4, 0.5) is 0 Å². The van der Waals surface area contributed by atoms with E-state index in [0.29, 0.717) is 36.1 Å². The molecule has 0 aliphatic rings. The van der Waals surface area contributed by atoms with E-state index in [2.05, 4.69) is 20.3 Å². The van der Waals surface area contributed by atoms with Crippen LogP contribution in [0.2, 0.25) is 0 Å². The molecule has 0 spiro atoms. The fourth-order valence-electron chi connectivity index (χ4n) is 3.06. The van der Waals surface area contributed by atoms with Crippen molar-refractivity contribution >= 4 is 35.9 Å². The maximum absolute atomic E-state index is 11.8. The quantitative estimate of drug-likeness (QED) is 0.205. The highest BCUT2D eigenvalue weighted by atomic mass is 127. The van der Waals surface area contributed by atoms with Gasteiger partial charge < -0.3 is 24.4 Å². The number of esters is 1. The third-order valence-corrected chi connectivity index (χ3v) is 4.56. The van der Waals surface area contributed by atoms with Crippen LogP contribution in [0.5, 0.6) is 0 Å². The van der Waals surface area contributed by atoms with E-state index in [1.54, 1.807) is 13.0 Å². The molecule has 0 atom stereocenters. The highest BCUT2D eigenvalue weighted by Gasteiger charge is 2.16. The first-order valence-corrected chi connectivity index (χ1v) is 9.78. The van der Waals surface area contributed by atoms with Gasteiger partial charge in [0.1, 0.15) is 29.5 Å². The van der Waals surface area contributed by atoms with Crippen molar-refractivity contribution in [2.75, 3.05) is 20.7 Å². The number of aromatic nitrogens is 2. The van der Waals surface area contributed by atoms with Crippen LogP contribution in [0, 0.1) is 6.92 Å². The molecule has 9 heteroatoms. The Morgan fingerprint density at radius 2 is 2.06 bits per heavy atom. The van der Waals surface area contributed by atoms with Crippen LogP contribution in [0.15, 0.2) is 52.0 Å². The van der Waals surface area contributed by atoms with Gasteiger partial charge in [0.2, 0.25) is 0 Å². The van der Waals surface area contributed by atoms with E-state index in [-0.39, 0.29) is 24.0 Å². The van der Waals surface area contributed by atoms with Crippen molar-refractivity contribution in [3.8, 4) is 11.3 Å². The summed E-state index contributed by atoms with van der Waals surface area (Å²) >= 11 is 0. The second-order valence-electron chi connectivity index (χ2n) is 6.81. The maximum Gasteiger partial charge on any atom is 0.341 e. The zero-order valence-corrected chi connectivity index (χ0v) is 20.5. The average Bonchev–Trinajstić information content (AvgIpc) is 3.37. The molecule has 8 nitrogen and oxygen atoms in total. The predicted molar refractivity (Wildman–Crippen MR) is 131 cm³/mol. The number of furan rings is 1. The molecule has 0 fully saturated rings. The zero-order valence-electron chi connectivity index (χ0n) is 18.1. The number of benzene rings is 1. The van der Waals surface area contributed by atoms with Gasteiger partial charge in [0, 0.05) is 13.6 Å². The second kappa shape index (κ2) is 11.5. The molecular weight excluding hydrogens is 509 g/mol. The molecule has 1 aromatic carbocycles. The molecular formula is C22H28IN5O3. The summed E-state index contributed by atoms with van der Waals surface area (Å²) in [4.78, 5) is 26.2. The number of aliphatic imine (C=N–C) groups is 1. The minimum absolute atomic E-state index is 0. The van der Waals surface area contributed by atoms with Crippen LogP contribution >= 0.6 is 24.0 Å². The average molecular weight is 537 g/mol. The standard InChI is InChI=1S/C22H27N5O3.HI/c1-5-23-22(25-12-17-11-18(15(2)30-17)21(28)29-4)27(3)14-20-24-13-19(26-20)16-9-7-6-8-10-16;/h6-11,13H,5,12,14H2,1-4H3,(H,23,25)(H,24,26);1H. The van der Waals surface area contributed by atoms with Crippen molar-refractivity contribution in [3.63, 3.8) is 0 Å². The van der Waals surface area contributed by atoms with E-state index in [1.165, 1.54) is 7.11 Å². The van der Waals surface area contributed by atoms with Crippen LogP contribution in [0.25, 0.3) is 11.3 Å². The normalized spacial score (nSPS) is 11.0. The number of guanidine groups is 1. The Kier molecular flexibility index (Phi) is 9.10. The van der Waals surface area contributed by atoms with Gasteiger partial charge in [-0.05, 0) is 25.5 Å². The van der Waals surface area contributed by atoms with E-state index in [4.69, 9.17) is 9.15 Å². The molecule has 166 valence electrons. The van der Waals surface area contributed by atoms with Gasteiger partial charge in [0.05, 0.1) is 25.5 Å². The minimum atomic E-state index is -0.414. The number of H-pyrrole nitrogens is 1. The summed E-state index contributed by atoms with van der Waals surface area (Å²) in [6.45, 7) is 5.33. The lowest BCUT2D eigenvalue weighted by Crippen LogP contribution is -2.38. The molecule has 31 heavy (non-hydrogen) atoms. The number of aryl methyl sites for hydroxylation is 1. The molecule has 2 N–H and O–H groups in total.